The summed E-state index contributed by atoms with van der Waals surface area (Å²) >= 11 is 1.58. The number of sulfonamides is 1. The van der Waals surface area contributed by atoms with Crippen molar-refractivity contribution in [3.8, 4) is 11.3 Å². The van der Waals surface area contributed by atoms with E-state index in [0.29, 0.717) is 13.0 Å². The van der Waals surface area contributed by atoms with Crippen LogP contribution in [0.4, 0.5) is 5.69 Å². The van der Waals surface area contributed by atoms with Crippen LogP contribution in [0.1, 0.15) is 10.6 Å². The van der Waals surface area contributed by atoms with E-state index < -0.39 is 29.1 Å². The normalized spacial score (nSPS) is 13.2. The summed E-state index contributed by atoms with van der Waals surface area (Å²) in [5.74, 6) is -1.22. The molecule has 0 saturated carbocycles. The van der Waals surface area contributed by atoms with Crippen molar-refractivity contribution in [1.82, 2.24) is 19.5 Å². The third kappa shape index (κ3) is 4.71. The average molecular weight is 476 g/mol. The van der Waals surface area contributed by atoms with Gasteiger partial charge in [0, 0.05) is 36.4 Å². The Hall–Kier alpha value is -3.09. The van der Waals surface area contributed by atoms with Crippen molar-refractivity contribution in [2.24, 2.45) is 7.05 Å². The van der Waals surface area contributed by atoms with E-state index in [1.54, 1.807) is 23.3 Å². The van der Waals surface area contributed by atoms with Crippen LogP contribution in [-0.2, 0) is 37.8 Å². The van der Waals surface area contributed by atoms with Gasteiger partial charge in [-0.2, -0.15) is 9.82 Å². The highest BCUT2D eigenvalue weighted by Crippen LogP contribution is 2.32. The summed E-state index contributed by atoms with van der Waals surface area (Å²) in [5, 5.41) is 6.77. The Morgan fingerprint density at radius 2 is 2.12 bits per heavy atom. The lowest BCUT2D eigenvalue weighted by molar-refractivity contribution is -0.146. The fourth-order valence-electron chi connectivity index (χ4n) is 3.36. The van der Waals surface area contributed by atoms with E-state index in [1.807, 2.05) is 30.5 Å². The number of anilines is 1. The number of hydrogen-bond donors (Lipinski definition) is 1. The van der Waals surface area contributed by atoms with E-state index in [1.165, 1.54) is 17.1 Å². The van der Waals surface area contributed by atoms with Crippen LogP contribution in [0.2, 0.25) is 0 Å². The van der Waals surface area contributed by atoms with Crippen molar-refractivity contribution in [2.75, 3.05) is 24.6 Å². The monoisotopic (exact) mass is 475 g/mol. The molecular formula is C20H21N5O5S2. The van der Waals surface area contributed by atoms with Crippen LogP contribution in [0.5, 0.6) is 0 Å². The lowest BCUT2D eigenvalue weighted by atomic mass is 10.1. The number of nitrogens with one attached hydrogen (secondary N) is 1. The molecular weight excluding hydrogens is 454 g/mol. The van der Waals surface area contributed by atoms with Gasteiger partial charge in [0.05, 0.1) is 16.9 Å². The van der Waals surface area contributed by atoms with E-state index in [4.69, 9.17) is 4.74 Å². The van der Waals surface area contributed by atoms with E-state index in [0.717, 1.165) is 27.5 Å². The summed E-state index contributed by atoms with van der Waals surface area (Å²) in [6.07, 6.45) is 3.17. The van der Waals surface area contributed by atoms with Gasteiger partial charge < -0.3 is 9.64 Å². The maximum absolute atomic E-state index is 12.6. The second-order valence-electron chi connectivity index (χ2n) is 7.23. The van der Waals surface area contributed by atoms with Crippen LogP contribution in [0.25, 0.3) is 11.3 Å². The molecule has 0 spiro atoms. The molecule has 1 amide bonds. The molecule has 1 aliphatic rings. The molecule has 10 nitrogen and oxygen atoms in total. The topological polar surface area (TPSA) is 123 Å². The number of amides is 1. The summed E-state index contributed by atoms with van der Waals surface area (Å²) in [7, 11) is -2.31. The molecule has 0 unspecified atom stereocenters. The Morgan fingerprint density at radius 3 is 2.81 bits per heavy atom. The van der Waals surface area contributed by atoms with Gasteiger partial charge in [-0.1, -0.05) is 6.07 Å². The number of carbonyl (C=O) groups excluding carboxylic acids is 2. The first kappa shape index (κ1) is 22.1. The van der Waals surface area contributed by atoms with Crippen LogP contribution in [0, 0.1) is 6.92 Å². The Kier molecular flexibility index (Phi) is 6.09. The Morgan fingerprint density at radius 1 is 1.31 bits per heavy atom. The van der Waals surface area contributed by atoms with Crippen LogP contribution < -0.4 is 9.62 Å². The number of benzene rings is 1. The van der Waals surface area contributed by atoms with Crippen molar-refractivity contribution in [3.05, 3.63) is 46.5 Å². The number of aryl methyl sites for hydroxylation is 2. The summed E-state index contributed by atoms with van der Waals surface area (Å²) in [5.41, 5.74) is 3.70. The summed E-state index contributed by atoms with van der Waals surface area (Å²) < 4.78 is 32.7. The van der Waals surface area contributed by atoms with Gasteiger partial charge in [0.1, 0.15) is 11.4 Å². The van der Waals surface area contributed by atoms with Gasteiger partial charge in [0.2, 0.25) is 10.0 Å². The zero-order chi connectivity index (χ0) is 22.9. The Bertz CT molecular complexity index is 1280. The number of thiazole rings is 1. The number of fused-ring (bicyclic) bond motifs is 1. The average Bonchev–Trinajstić information content (AvgIpc) is 3.49. The number of carbonyl (C=O) groups is 2. The van der Waals surface area contributed by atoms with Gasteiger partial charge in [0.15, 0.2) is 6.61 Å². The second-order valence-corrected chi connectivity index (χ2v) is 10.1. The number of hydrogen-bond acceptors (Lipinski definition) is 8. The zero-order valence-corrected chi connectivity index (χ0v) is 19.1. The highest BCUT2D eigenvalue weighted by atomic mass is 32.2. The van der Waals surface area contributed by atoms with Gasteiger partial charge in [-0.05, 0) is 31.0 Å². The Labute approximate surface area is 188 Å². The molecule has 0 fully saturated rings. The lowest BCUT2D eigenvalue weighted by Crippen LogP contribution is -2.35. The smallest absolute Gasteiger partial charge is 0.321 e. The summed E-state index contributed by atoms with van der Waals surface area (Å²) in [6, 6.07) is 5.81. The molecule has 2 aromatic heterocycles. The van der Waals surface area contributed by atoms with Crippen molar-refractivity contribution in [2.45, 2.75) is 18.2 Å². The number of nitrogens with zero attached hydrogens (tertiary/aromatic N) is 4. The predicted octanol–water partition coefficient (Wildman–Crippen LogP) is 1.26. The Balaban J connectivity index is 1.32. The number of aromatic nitrogens is 3. The molecule has 1 aromatic carbocycles. The number of rotatable bonds is 7. The molecule has 0 atom stereocenters. The molecule has 168 valence electrons. The molecule has 4 rings (SSSR count). The second kappa shape index (κ2) is 8.81. The number of esters is 1. The largest absolute Gasteiger partial charge is 0.455 e. The maximum atomic E-state index is 12.6. The van der Waals surface area contributed by atoms with Gasteiger partial charge in [-0.25, -0.2) is 13.4 Å². The zero-order valence-electron chi connectivity index (χ0n) is 17.4. The summed E-state index contributed by atoms with van der Waals surface area (Å²) in [4.78, 5) is 30.5. The quantitative estimate of drug-likeness (QED) is 0.510. The van der Waals surface area contributed by atoms with Gasteiger partial charge in [-0.3, -0.25) is 14.3 Å². The molecule has 0 aliphatic carbocycles. The van der Waals surface area contributed by atoms with Crippen LogP contribution >= 0.6 is 11.3 Å². The first-order valence-corrected chi connectivity index (χ1v) is 12.1. The fourth-order valence-corrected chi connectivity index (χ4v) is 4.94. The molecule has 12 heteroatoms. The van der Waals surface area contributed by atoms with E-state index in [9.17, 15) is 18.0 Å². The van der Waals surface area contributed by atoms with Gasteiger partial charge in [-0.15, -0.1) is 11.3 Å². The van der Waals surface area contributed by atoms with Gasteiger partial charge in [0.25, 0.3) is 5.91 Å². The molecule has 3 heterocycles. The number of ether oxygens (including phenoxy) is 1. The molecule has 0 bridgehead atoms. The third-order valence-corrected chi connectivity index (χ3v) is 7.07. The molecule has 3 aromatic rings. The minimum absolute atomic E-state index is 0.0651. The lowest BCUT2D eigenvalue weighted by Gasteiger charge is -2.17. The maximum Gasteiger partial charge on any atom is 0.321 e. The van der Waals surface area contributed by atoms with Crippen molar-refractivity contribution >= 4 is 38.9 Å². The molecule has 32 heavy (non-hydrogen) atoms. The third-order valence-electron chi connectivity index (χ3n) is 4.95. The first-order valence-electron chi connectivity index (χ1n) is 9.72. The van der Waals surface area contributed by atoms with Crippen molar-refractivity contribution < 1.29 is 22.7 Å². The molecule has 0 saturated heterocycles. The molecule has 1 N–H and O–H groups in total. The predicted molar refractivity (Wildman–Crippen MR) is 118 cm³/mol. The van der Waals surface area contributed by atoms with Crippen LogP contribution in [0.3, 0.4) is 0 Å². The van der Waals surface area contributed by atoms with E-state index in [2.05, 4.69) is 14.8 Å². The minimum atomic E-state index is -3.89. The molecule has 0 radical (unpaired) electrons. The fraction of sp³-hybridized carbons (Fsp3) is 0.300. The SMILES string of the molecule is Cc1nc(-c2ccc3c(c2)CCN3C(=O)COC(=O)CNS(=O)(=O)c2cnn(C)c2)cs1. The van der Waals surface area contributed by atoms with Gasteiger partial charge >= 0.3 is 5.97 Å². The standard InChI is InChI=1S/C20H21N5O5S2/c1-13-23-17(12-31-13)14-3-4-18-15(7-14)5-6-25(18)19(26)11-30-20(27)9-22-32(28,29)16-8-21-24(2)10-16/h3-4,7-8,10,12,22H,5-6,9,11H2,1-2H3. The van der Waals surface area contributed by atoms with Crippen LogP contribution in [0.15, 0.2) is 40.9 Å². The highest BCUT2D eigenvalue weighted by molar-refractivity contribution is 7.89. The van der Waals surface area contributed by atoms with E-state index in [-0.39, 0.29) is 10.8 Å². The summed E-state index contributed by atoms with van der Waals surface area (Å²) in [6.45, 7) is 1.38. The highest BCUT2D eigenvalue weighted by Gasteiger charge is 2.26. The van der Waals surface area contributed by atoms with E-state index >= 15 is 0 Å². The first-order chi connectivity index (χ1) is 15.2. The van der Waals surface area contributed by atoms with Crippen molar-refractivity contribution in [3.63, 3.8) is 0 Å². The molecule has 1 aliphatic heterocycles. The van der Waals surface area contributed by atoms with Crippen LogP contribution in [-0.4, -0.2) is 54.8 Å². The van der Waals surface area contributed by atoms with Crippen molar-refractivity contribution in [1.29, 1.82) is 0 Å². The minimum Gasteiger partial charge on any atom is -0.455 e.